The summed E-state index contributed by atoms with van der Waals surface area (Å²) in [7, 11) is 0. The lowest BCUT2D eigenvalue weighted by Gasteiger charge is -2.22. The monoisotopic (exact) mass is 364 g/mol. The number of pyridine rings is 1. The molecule has 0 saturated heterocycles. The molecule has 2 aromatic heterocycles. The minimum atomic E-state index is -0.411. The van der Waals surface area contributed by atoms with E-state index in [4.69, 9.17) is 9.15 Å². The number of nitrogens with zero attached hydrogens (tertiary/aromatic N) is 3. The van der Waals surface area contributed by atoms with E-state index in [2.05, 4.69) is 20.5 Å². The zero-order valence-electron chi connectivity index (χ0n) is 14.8. The van der Waals surface area contributed by atoms with Crippen LogP contribution in [0.3, 0.4) is 0 Å². The third kappa shape index (κ3) is 4.31. The molecule has 0 spiro atoms. The topological polar surface area (TPSA) is 90.1 Å². The zero-order chi connectivity index (χ0) is 18.5. The number of hydrogen-bond acceptors (Lipinski definition) is 6. The molecule has 3 aromatic rings. The van der Waals surface area contributed by atoms with Crippen LogP contribution in [0, 0.1) is 0 Å². The van der Waals surface area contributed by atoms with Gasteiger partial charge in [0.2, 0.25) is 12.3 Å². The maximum absolute atomic E-state index is 12.2. The van der Waals surface area contributed by atoms with Gasteiger partial charge in [-0.15, -0.1) is 10.2 Å². The Morgan fingerprint density at radius 1 is 1.11 bits per heavy atom. The Balaban J connectivity index is 1.47. The molecule has 2 heterocycles. The van der Waals surface area contributed by atoms with Gasteiger partial charge in [0, 0.05) is 23.4 Å². The van der Waals surface area contributed by atoms with Crippen molar-refractivity contribution in [1.29, 1.82) is 0 Å². The standard InChI is InChI=1S/C20H20N4O3/c25-20(23-16-6-2-1-3-7-16)27-17-8-4-5-14(11-17)18-12-15(9-10-21-18)19-24-22-13-26-19/h4-5,8-13,16H,1-3,6-7H2,(H,23,25). The van der Waals surface area contributed by atoms with Crippen molar-refractivity contribution in [2.75, 3.05) is 0 Å². The van der Waals surface area contributed by atoms with Crippen LogP contribution in [0.15, 0.2) is 53.4 Å². The van der Waals surface area contributed by atoms with Gasteiger partial charge >= 0.3 is 6.09 Å². The summed E-state index contributed by atoms with van der Waals surface area (Å²) < 4.78 is 10.7. The van der Waals surface area contributed by atoms with Gasteiger partial charge in [0.1, 0.15) is 5.75 Å². The summed E-state index contributed by atoms with van der Waals surface area (Å²) in [4.78, 5) is 16.5. The fourth-order valence-electron chi connectivity index (χ4n) is 3.29. The van der Waals surface area contributed by atoms with E-state index in [-0.39, 0.29) is 6.04 Å². The van der Waals surface area contributed by atoms with Crippen LogP contribution >= 0.6 is 0 Å². The van der Waals surface area contributed by atoms with E-state index < -0.39 is 6.09 Å². The molecule has 27 heavy (non-hydrogen) atoms. The van der Waals surface area contributed by atoms with E-state index in [0.29, 0.717) is 11.6 Å². The van der Waals surface area contributed by atoms with Crippen LogP contribution in [0.2, 0.25) is 0 Å². The second-order valence-corrected chi connectivity index (χ2v) is 6.57. The van der Waals surface area contributed by atoms with Crippen molar-refractivity contribution in [1.82, 2.24) is 20.5 Å². The van der Waals surface area contributed by atoms with Gasteiger partial charge in [-0.05, 0) is 37.1 Å². The highest BCUT2D eigenvalue weighted by atomic mass is 16.6. The van der Waals surface area contributed by atoms with Crippen molar-refractivity contribution in [2.45, 2.75) is 38.1 Å². The van der Waals surface area contributed by atoms with Crippen molar-refractivity contribution in [3.05, 3.63) is 49.0 Å². The van der Waals surface area contributed by atoms with Crippen molar-refractivity contribution in [3.8, 4) is 28.5 Å². The summed E-state index contributed by atoms with van der Waals surface area (Å²) in [6, 6.07) is 11.2. The predicted octanol–water partition coefficient (Wildman–Crippen LogP) is 4.22. The van der Waals surface area contributed by atoms with Crippen LogP contribution in [0.5, 0.6) is 5.75 Å². The average molecular weight is 364 g/mol. The summed E-state index contributed by atoms with van der Waals surface area (Å²) in [6.45, 7) is 0. The molecule has 1 N–H and O–H groups in total. The minimum absolute atomic E-state index is 0.210. The number of aromatic nitrogens is 3. The molecular formula is C20H20N4O3. The second-order valence-electron chi connectivity index (χ2n) is 6.57. The van der Waals surface area contributed by atoms with Gasteiger partial charge in [-0.25, -0.2) is 4.79 Å². The van der Waals surface area contributed by atoms with Crippen LogP contribution in [0.1, 0.15) is 32.1 Å². The molecule has 0 unspecified atom stereocenters. The number of carbonyl (C=O) groups is 1. The Bertz CT molecular complexity index is 905. The predicted molar refractivity (Wildman–Crippen MR) is 99.0 cm³/mol. The molecule has 7 nitrogen and oxygen atoms in total. The molecule has 1 fully saturated rings. The van der Waals surface area contributed by atoms with E-state index in [9.17, 15) is 4.79 Å². The van der Waals surface area contributed by atoms with E-state index in [1.54, 1.807) is 24.4 Å². The molecule has 4 rings (SSSR count). The number of carbonyl (C=O) groups excluding carboxylic acids is 1. The lowest BCUT2D eigenvalue weighted by molar-refractivity contribution is 0.192. The summed E-state index contributed by atoms with van der Waals surface area (Å²) in [5.41, 5.74) is 2.34. The molecule has 1 aliphatic rings. The van der Waals surface area contributed by atoms with Gasteiger partial charge in [-0.1, -0.05) is 31.4 Å². The fourth-order valence-corrected chi connectivity index (χ4v) is 3.29. The number of rotatable bonds is 4. The Morgan fingerprint density at radius 2 is 2.00 bits per heavy atom. The number of ether oxygens (including phenoxy) is 1. The van der Waals surface area contributed by atoms with Gasteiger partial charge in [0.05, 0.1) is 5.69 Å². The van der Waals surface area contributed by atoms with Gasteiger partial charge in [0.15, 0.2) is 0 Å². The van der Waals surface area contributed by atoms with Gasteiger partial charge in [0.25, 0.3) is 0 Å². The maximum atomic E-state index is 12.2. The van der Waals surface area contributed by atoms with Crippen LogP contribution in [-0.2, 0) is 0 Å². The zero-order valence-corrected chi connectivity index (χ0v) is 14.8. The van der Waals surface area contributed by atoms with Gasteiger partial charge in [-0.2, -0.15) is 0 Å². The minimum Gasteiger partial charge on any atom is -0.423 e. The highest BCUT2D eigenvalue weighted by Crippen LogP contribution is 2.26. The van der Waals surface area contributed by atoms with Crippen molar-refractivity contribution < 1.29 is 13.9 Å². The van der Waals surface area contributed by atoms with E-state index in [0.717, 1.165) is 42.5 Å². The van der Waals surface area contributed by atoms with Crippen LogP contribution in [-0.4, -0.2) is 27.3 Å². The summed E-state index contributed by atoms with van der Waals surface area (Å²) in [5, 5.41) is 10.6. The first kappa shape index (κ1) is 17.2. The van der Waals surface area contributed by atoms with Crippen LogP contribution in [0.4, 0.5) is 4.79 Å². The molecular weight excluding hydrogens is 344 g/mol. The first-order valence-electron chi connectivity index (χ1n) is 9.09. The van der Waals surface area contributed by atoms with E-state index in [1.165, 1.54) is 12.8 Å². The highest BCUT2D eigenvalue weighted by molar-refractivity contribution is 5.72. The molecule has 0 aliphatic heterocycles. The number of hydrogen-bond donors (Lipinski definition) is 1. The van der Waals surface area contributed by atoms with E-state index >= 15 is 0 Å². The van der Waals surface area contributed by atoms with Crippen LogP contribution in [0.25, 0.3) is 22.7 Å². The maximum Gasteiger partial charge on any atom is 0.412 e. The first-order chi connectivity index (χ1) is 13.3. The lowest BCUT2D eigenvalue weighted by atomic mass is 9.96. The van der Waals surface area contributed by atoms with Crippen molar-refractivity contribution >= 4 is 6.09 Å². The number of nitrogens with one attached hydrogen (secondary N) is 1. The molecule has 7 heteroatoms. The highest BCUT2D eigenvalue weighted by Gasteiger charge is 2.17. The number of benzene rings is 1. The summed E-state index contributed by atoms with van der Waals surface area (Å²) >= 11 is 0. The molecule has 0 atom stereocenters. The first-order valence-corrected chi connectivity index (χ1v) is 9.09. The van der Waals surface area contributed by atoms with Crippen molar-refractivity contribution in [3.63, 3.8) is 0 Å². The summed E-state index contributed by atoms with van der Waals surface area (Å²) in [6.07, 6.45) is 8.14. The quantitative estimate of drug-likeness (QED) is 0.745. The normalized spacial score (nSPS) is 14.7. The van der Waals surface area contributed by atoms with Crippen molar-refractivity contribution in [2.24, 2.45) is 0 Å². The smallest absolute Gasteiger partial charge is 0.412 e. The second kappa shape index (κ2) is 7.99. The Labute approximate surface area is 156 Å². The van der Waals surface area contributed by atoms with Gasteiger partial charge in [-0.3, -0.25) is 4.98 Å². The lowest BCUT2D eigenvalue weighted by Crippen LogP contribution is -2.37. The number of amides is 1. The average Bonchev–Trinajstić information content (AvgIpc) is 3.24. The molecule has 0 radical (unpaired) electrons. The fraction of sp³-hybridized carbons (Fsp3) is 0.300. The van der Waals surface area contributed by atoms with E-state index in [1.807, 2.05) is 18.2 Å². The van der Waals surface area contributed by atoms with Gasteiger partial charge < -0.3 is 14.5 Å². The third-order valence-corrected chi connectivity index (χ3v) is 4.63. The SMILES string of the molecule is O=C(NC1CCCCC1)Oc1cccc(-c2cc(-c3nnco3)ccn2)c1. The Morgan fingerprint density at radius 3 is 2.81 bits per heavy atom. The molecule has 0 bridgehead atoms. The molecule has 1 amide bonds. The van der Waals surface area contributed by atoms with Crippen LogP contribution < -0.4 is 10.1 Å². The molecule has 1 aromatic carbocycles. The summed E-state index contributed by atoms with van der Waals surface area (Å²) in [5.74, 6) is 0.906. The Hall–Kier alpha value is -3.22. The third-order valence-electron chi connectivity index (χ3n) is 4.63. The molecule has 1 saturated carbocycles. The molecule has 1 aliphatic carbocycles. The molecule has 138 valence electrons. The Kier molecular flexibility index (Phi) is 5.09. The largest absolute Gasteiger partial charge is 0.423 e.